The van der Waals surface area contributed by atoms with Gasteiger partial charge < -0.3 is 19.3 Å². The zero-order chi connectivity index (χ0) is 16.8. The van der Waals surface area contributed by atoms with Crippen LogP contribution in [0.3, 0.4) is 0 Å². The second kappa shape index (κ2) is 8.49. The van der Waals surface area contributed by atoms with Gasteiger partial charge in [0.15, 0.2) is 0 Å². The number of para-hydroxylation sites is 1. The summed E-state index contributed by atoms with van der Waals surface area (Å²) in [6.45, 7) is 4.86. The topological polar surface area (TPSA) is 42.0 Å². The Bertz CT molecular complexity index is 537. The van der Waals surface area contributed by atoms with E-state index in [0.717, 1.165) is 52.2 Å². The van der Waals surface area contributed by atoms with Gasteiger partial charge in [0.1, 0.15) is 0 Å². The molecule has 5 heteroatoms. The summed E-state index contributed by atoms with van der Waals surface area (Å²) >= 11 is 0. The van der Waals surface area contributed by atoms with Crippen molar-refractivity contribution >= 4 is 11.6 Å². The molecular formula is C19H28N2O3. The smallest absolute Gasteiger partial charge is 0.222 e. The fourth-order valence-electron chi connectivity index (χ4n) is 3.45. The Hall–Kier alpha value is -1.59. The number of benzene rings is 1. The highest BCUT2D eigenvalue weighted by molar-refractivity contribution is 5.76. The molecule has 0 radical (unpaired) electrons. The molecule has 2 aliphatic heterocycles. The second-order valence-electron chi connectivity index (χ2n) is 6.65. The first kappa shape index (κ1) is 17.2. The number of carbonyl (C=O) groups is 1. The molecule has 3 rings (SSSR count). The van der Waals surface area contributed by atoms with Crippen molar-refractivity contribution < 1.29 is 14.3 Å². The third-order valence-corrected chi connectivity index (χ3v) is 4.88. The molecule has 2 aliphatic rings. The lowest BCUT2D eigenvalue weighted by Crippen LogP contribution is -2.37. The van der Waals surface area contributed by atoms with E-state index in [9.17, 15) is 4.79 Å². The van der Waals surface area contributed by atoms with E-state index in [1.807, 2.05) is 18.0 Å². The van der Waals surface area contributed by atoms with Crippen molar-refractivity contribution in [2.24, 2.45) is 0 Å². The number of carbonyl (C=O) groups excluding carboxylic acids is 1. The number of hydrogen-bond donors (Lipinski definition) is 0. The highest BCUT2D eigenvalue weighted by atomic mass is 16.5. The Labute approximate surface area is 144 Å². The average Bonchev–Trinajstić information content (AvgIpc) is 3.14. The zero-order valence-corrected chi connectivity index (χ0v) is 14.6. The van der Waals surface area contributed by atoms with E-state index in [1.54, 1.807) is 0 Å². The van der Waals surface area contributed by atoms with Crippen LogP contribution in [0.4, 0.5) is 5.69 Å². The van der Waals surface area contributed by atoms with Crippen LogP contribution < -0.4 is 4.90 Å². The van der Waals surface area contributed by atoms with Crippen molar-refractivity contribution in [1.29, 1.82) is 0 Å². The molecule has 1 atom stereocenters. The maximum atomic E-state index is 12.4. The first-order valence-electron chi connectivity index (χ1n) is 9.00. The molecule has 0 saturated carbocycles. The third kappa shape index (κ3) is 4.48. The van der Waals surface area contributed by atoms with E-state index >= 15 is 0 Å². The summed E-state index contributed by atoms with van der Waals surface area (Å²) < 4.78 is 11.1. The van der Waals surface area contributed by atoms with Crippen LogP contribution in [-0.2, 0) is 20.8 Å². The molecule has 2 saturated heterocycles. The van der Waals surface area contributed by atoms with E-state index in [0.29, 0.717) is 13.0 Å². The number of ether oxygens (including phenoxy) is 2. The highest BCUT2D eigenvalue weighted by Crippen LogP contribution is 2.23. The standard InChI is InChI=1S/C19H28N2O3/c1-20(19(22)9-8-17-6-4-12-24-17)15-16-5-2-3-7-18(16)21-10-13-23-14-11-21/h2-3,5,7,17H,4,6,8-15H2,1H3/t17-/m1/s1. The van der Waals surface area contributed by atoms with Crippen molar-refractivity contribution in [2.45, 2.75) is 38.3 Å². The summed E-state index contributed by atoms with van der Waals surface area (Å²) in [5.41, 5.74) is 2.42. The predicted molar refractivity (Wildman–Crippen MR) is 94.2 cm³/mol. The van der Waals surface area contributed by atoms with Crippen LogP contribution in [0, 0.1) is 0 Å². The Morgan fingerprint density at radius 3 is 2.79 bits per heavy atom. The Morgan fingerprint density at radius 1 is 1.25 bits per heavy atom. The summed E-state index contributed by atoms with van der Waals surface area (Å²) in [5.74, 6) is 0.197. The molecule has 0 spiro atoms. The van der Waals surface area contributed by atoms with Crippen LogP contribution in [0.15, 0.2) is 24.3 Å². The summed E-state index contributed by atoms with van der Waals surface area (Å²) in [5, 5.41) is 0. The number of rotatable bonds is 6. The molecule has 1 amide bonds. The van der Waals surface area contributed by atoms with Gasteiger partial charge in [-0.15, -0.1) is 0 Å². The molecule has 132 valence electrons. The minimum atomic E-state index is 0.197. The lowest BCUT2D eigenvalue weighted by atomic mass is 10.1. The van der Waals surface area contributed by atoms with E-state index in [4.69, 9.17) is 9.47 Å². The molecular weight excluding hydrogens is 304 g/mol. The monoisotopic (exact) mass is 332 g/mol. The second-order valence-corrected chi connectivity index (χ2v) is 6.65. The molecule has 1 aromatic rings. The molecule has 0 aliphatic carbocycles. The molecule has 2 fully saturated rings. The Balaban J connectivity index is 1.56. The molecule has 24 heavy (non-hydrogen) atoms. The molecule has 0 N–H and O–H groups in total. The largest absolute Gasteiger partial charge is 0.378 e. The van der Waals surface area contributed by atoms with Crippen LogP contribution in [-0.4, -0.2) is 56.9 Å². The quantitative estimate of drug-likeness (QED) is 0.802. The fraction of sp³-hybridized carbons (Fsp3) is 0.632. The van der Waals surface area contributed by atoms with Gasteiger partial charge in [-0.3, -0.25) is 4.79 Å². The van der Waals surface area contributed by atoms with E-state index in [2.05, 4.69) is 23.1 Å². The maximum absolute atomic E-state index is 12.4. The van der Waals surface area contributed by atoms with Crippen molar-refractivity contribution in [2.75, 3.05) is 44.9 Å². The molecule has 5 nitrogen and oxygen atoms in total. The van der Waals surface area contributed by atoms with Crippen molar-refractivity contribution in [3.63, 3.8) is 0 Å². The third-order valence-electron chi connectivity index (χ3n) is 4.88. The summed E-state index contributed by atoms with van der Waals surface area (Å²) in [6, 6.07) is 8.37. The van der Waals surface area contributed by atoms with E-state index < -0.39 is 0 Å². The SMILES string of the molecule is CN(Cc1ccccc1N1CCOCC1)C(=O)CC[C@H]1CCCO1. The number of nitrogens with zero attached hydrogens (tertiary/aromatic N) is 2. The number of morpholine rings is 1. The van der Waals surface area contributed by atoms with Crippen LogP contribution in [0.2, 0.25) is 0 Å². The van der Waals surface area contributed by atoms with Gasteiger partial charge in [-0.1, -0.05) is 18.2 Å². The number of anilines is 1. The first-order valence-corrected chi connectivity index (χ1v) is 9.00. The van der Waals surface area contributed by atoms with Crippen molar-refractivity contribution in [3.05, 3.63) is 29.8 Å². The maximum Gasteiger partial charge on any atom is 0.222 e. The normalized spacial score (nSPS) is 21.0. The van der Waals surface area contributed by atoms with Gasteiger partial charge in [0.2, 0.25) is 5.91 Å². The van der Waals surface area contributed by atoms with E-state index in [1.165, 1.54) is 11.3 Å². The van der Waals surface area contributed by atoms with E-state index in [-0.39, 0.29) is 12.0 Å². The molecule has 0 bridgehead atoms. The minimum Gasteiger partial charge on any atom is -0.378 e. The number of amides is 1. The lowest BCUT2D eigenvalue weighted by Gasteiger charge is -2.31. The average molecular weight is 332 g/mol. The van der Waals surface area contributed by atoms with Crippen LogP contribution in [0.5, 0.6) is 0 Å². The zero-order valence-electron chi connectivity index (χ0n) is 14.6. The van der Waals surface area contributed by atoms with Gasteiger partial charge in [-0.25, -0.2) is 0 Å². The summed E-state index contributed by atoms with van der Waals surface area (Å²) in [7, 11) is 1.90. The summed E-state index contributed by atoms with van der Waals surface area (Å²) in [4.78, 5) is 16.6. The molecule has 0 unspecified atom stereocenters. The van der Waals surface area contributed by atoms with Crippen LogP contribution in [0.25, 0.3) is 0 Å². The Kier molecular flexibility index (Phi) is 6.10. The predicted octanol–water partition coefficient (Wildman–Crippen LogP) is 2.44. The van der Waals surface area contributed by atoms with Crippen LogP contribution >= 0.6 is 0 Å². The van der Waals surface area contributed by atoms with Gasteiger partial charge in [0, 0.05) is 45.4 Å². The van der Waals surface area contributed by atoms with Gasteiger partial charge in [0.25, 0.3) is 0 Å². The van der Waals surface area contributed by atoms with Gasteiger partial charge >= 0.3 is 0 Å². The fourth-order valence-corrected chi connectivity index (χ4v) is 3.45. The van der Waals surface area contributed by atoms with Gasteiger partial charge in [-0.05, 0) is 30.9 Å². The molecule has 2 heterocycles. The highest BCUT2D eigenvalue weighted by Gasteiger charge is 2.20. The van der Waals surface area contributed by atoms with Gasteiger partial charge in [0.05, 0.1) is 19.3 Å². The van der Waals surface area contributed by atoms with Crippen LogP contribution in [0.1, 0.15) is 31.2 Å². The molecule has 0 aromatic heterocycles. The van der Waals surface area contributed by atoms with Crippen molar-refractivity contribution in [3.8, 4) is 0 Å². The minimum absolute atomic E-state index is 0.197. The Morgan fingerprint density at radius 2 is 2.04 bits per heavy atom. The first-order chi connectivity index (χ1) is 11.7. The summed E-state index contributed by atoms with van der Waals surface area (Å²) in [6.07, 6.45) is 3.91. The van der Waals surface area contributed by atoms with Gasteiger partial charge in [-0.2, -0.15) is 0 Å². The molecule has 1 aromatic carbocycles. The number of hydrogen-bond acceptors (Lipinski definition) is 4. The van der Waals surface area contributed by atoms with Crippen molar-refractivity contribution in [1.82, 2.24) is 4.90 Å². The lowest BCUT2D eigenvalue weighted by molar-refractivity contribution is -0.131.